The average molecular weight is 417 g/mol. The van der Waals surface area contributed by atoms with E-state index in [1.165, 1.54) is 0 Å². The summed E-state index contributed by atoms with van der Waals surface area (Å²) in [5, 5.41) is 0.917. The largest absolute Gasteiger partial charge is 0.497 e. The first kappa shape index (κ1) is 20.0. The van der Waals surface area contributed by atoms with Crippen LogP contribution in [0.2, 0.25) is 0 Å². The maximum atomic E-state index is 13.9. The highest BCUT2D eigenvalue weighted by Crippen LogP contribution is 2.40. The van der Waals surface area contributed by atoms with Gasteiger partial charge in [-0.25, -0.2) is 0 Å². The number of ether oxygens (including phenoxy) is 2. The first-order valence-electron chi connectivity index (χ1n) is 11.1. The van der Waals surface area contributed by atoms with Crippen molar-refractivity contribution in [3.8, 4) is 5.75 Å². The average Bonchev–Trinajstić information content (AvgIpc) is 3.54. The molecule has 1 aliphatic carbocycles. The molecule has 1 amide bonds. The number of carbonyl (C=O) groups excluding carboxylic acids is 1. The lowest BCUT2D eigenvalue weighted by Gasteiger charge is -2.26. The van der Waals surface area contributed by atoms with Crippen LogP contribution in [0.4, 0.5) is 0 Å². The molecule has 2 aromatic carbocycles. The summed E-state index contributed by atoms with van der Waals surface area (Å²) < 4.78 is 11.3. The second-order valence-electron chi connectivity index (χ2n) is 8.56. The van der Waals surface area contributed by atoms with Gasteiger partial charge in [0.2, 0.25) is 0 Å². The van der Waals surface area contributed by atoms with Crippen LogP contribution < -0.4 is 4.74 Å². The minimum absolute atomic E-state index is 0.0406. The topological polar surface area (TPSA) is 51.7 Å². The fourth-order valence-corrected chi connectivity index (χ4v) is 4.38. The van der Waals surface area contributed by atoms with Gasteiger partial charge in [-0.2, -0.15) is 0 Å². The molecule has 31 heavy (non-hydrogen) atoms. The fourth-order valence-electron chi connectivity index (χ4n) is 4.38. The Morgan fingerprint density at radius 3 is 2.77 bits per heavy atom. The van der Waals surface area contributed by atoms with Crippen molar-refractivity contribution in [2.45, 2.75) is 44.2 Å². The summed E-state index contributed by atoms with van der Waals surface area (Å²) in [5.41, 5.74) is 3.73. The normalized spacial score (nSPS) is 18.3. The highest BCUT2D eigenvalue weighted by Gasteiger charge is 2.29. The summed E-state index contributed by atoms with van der Waals surface area (Å²) >= 11 is 0. The number of hydrogen-bond donors (Lipinski definition) is 0. The number of nitrogens with zero attached hydrogens (tertiary/aromatic N) is 2. The molecule has 1 atom stereocenters. The molecule has 5 heteroatoms. The van der Waals surface area contributed by atoms with E-state index >= 15 is 0 Å². The minimum Gasteiger partial charge on any atom is -0.497 e. The number of aromatic nitrogens is 1. The number of rotatable bonds is 7. The minimum atomic E-state index is 0.0406. The van der Waals surface area contributed by atoms with Crippen LogP contribution in [0.1, 0.15) is 53.2 Å². The van der Waals surface area contributed by atoms with E-state index < -0.39 is 0 Å². The number of carbonyl (C=O) groups is 1. The van der Waals surface area contributed by atoms with E-state index in [1.54, 1.807) is 7.11 Å². The molecular weight excluding hydrogens is 388 g/mol. The van der Waals surface area contributed by atoms with Crippen LogP contribution in [-0.2, 0) is 11.3 Å². The summed E-state index contributed by atoms with van der Waals surface area (Å²) in [6.45, 7) is 1.88. The SMILES string of the molecule is COc1cccc(CN(CC2CCCO2)C(=O)c2cc(C3CC3)nc3ccccc23)c1. The Morgan fingerprint density at radius 2 is 2.00 bits per heavy atom. The summed E-state index contributed by atoms with van der Waals surface area (Å²) in [5.74, 6) is 1.33. The van der Waals surface area contributed by atoms with Gasteiger partial charge in [-0.3, -0.25) is 9.78 Å². The molecule has 160 valence electrons. The Bertz CT molecular complexity index is 1090. The Kier molecular flexibility index (Phi) is 5.60. The quantitative estimate of drug-likeness (QED) is 0.547. The number of pyridine rings is 1. The molecular formula is C26H28N2O3. The number of benzene rings is 2. The summed E-state index contributed by atoms with van der Waals surface area (Å²) in [6, 6.07) is 17.9. The third-order valence-electron chi connectivity index (χ3n) is 6.20. The van der Waals surface area contributed by atoms with Gasteiger partial charge in [0.1, 0.15) is 5.75 Å². The zero-order valence-corrected chi connectivity index (χ0v) is 17.9. The fraction of sp³-hybridized carbons (Fsp3) is 0.385. The van der Waals surface area contributed by atoms with Gasteiger partial charge in [0.15, 0.2) is 0 Å². The van der Waals surface area contributed by atoms with Gasteiger partial charge in [-0.15, -0.1) is 0 Å². The van der Waals surface area contributed by atoms with Crippen molar-refractivity contribution in [3.05, 3.63) is 71.4 Å². The van der Waals surface area contributed by atoms with Gasteiger partial charge in [0.25, 0.3) is 5.91 Å². The second-order valence-corrected chi connectivity index (χ2v) is 8.56. The standard InChI is InChI=1S/C26H28N2O3/c1-30-20-7-4-6-18(14-20)16-28(17-21-8-5-13-31-21)26(29)23-15-25(19-11-12-19)27-24-10-3-2-9-22(23)24/h2-4,6-7,9-10,14-15,19,21H,5,8,11-13,16-17H2,1H3. The molecule has 1 saturated heterocycles. The van der Waals surface area contributed by atoms with E-state index in [1.807, 2.05) is 59.5 Å². The van der Waals surface area contributed by atoms with Crippen LogP contribution in [0.15, 0.2) is 54.6 Å². The number of hydrogen-bond acceptors (Lipinski definition) is 4. The number of fused-ring (bicyclic) bond motifs is 1. The van der Waals surface area contributed by atoms with Gasteiger partial charge in [-0.05, 0) is 55.5 Å². The molecule has 5 rings (SSSR count). The molecule has 1 aliphatic heterocycles. The molecule has 3 aromatic rings. The van der Waals surface area contributed by atoms with Crippen molar-refractivity contribution in [1.82, 2.24) is 9.88 Å². The Hall–Kier alpha value is -2.92. The zero-order valence-electron chi connectivity index (χ0n) is 17.9. The molecule has 1 aromatic heterocycles. The summed E-state index contributed by atoms with van der Waals surface area (Å²) in [6.07, 6.45) is 4.44. The predicted molar refractivity (Wildman–Crippen MR) is 120 cm³/mol. The van der Waals surface area contributed by atoms with E-state index in [2.05, 4.69) is 0 Å². The molecule has 2 aliphatic rings. The van der Waals surface area contributed by atoms with Crippen molar-refractivity contribution in [1.29, 1.82) is 0 Å². The van der Waals surface area contributed by atoms with Crippen LogP contribution in [0.5, 0.6) is 5.75 Å². The van der Waals surface area contributed by atoms with Crippen molar-refractivity contribution < 1.29 is 14.3 Å². The molecule has 5 nitrogen and oxygen atoms in total. The number of amides is 1. The molecule has 0 N–H and O–H groups in total. The molecule has 0 radical (unpaired) electrons. The smallest absolute Gasteiger partial charge is 0.254 e. The third kappa shape index (κ3) is 4.42. The highest BCUT2D eigenvalue weighted by molar-refractivity contribution is 6.06. The van der Waals surface area contributed by atoms with Gasteiger partial charge in [0.05, 0.1) is 24.3 Å². The van der Waals surface area contributed by atoms with Crippen LogP contribution in [0.3, 0.4) is 0 Å². The second kappa shape index (κ2) is 8.67. The maximum absolute atomic E-state index is 13.9. The van der Waals surface area contributed by atoms with Crippen LogP contribution in [0, 0.1) is 0 Å². The van der Waals surface area contributed by atoms with E-state index in [0.29, 0.717) is 19.0 Å². The molecule has 1 saturated carbocycles. The van der Waals surface area contributed by atoms with Crippen LogP contribution >= 0.6 is 0 Å². The monoisotopic (exact) mass is 416 g/mol. The predicted octanol–water partition coefficient (Wildman–Crippen LogP) is 4.94. The van der Waals surface area contributed by atoms with Crippen molar-refractivity contribution in [2.75, 3.05) is 20.3 Å². The number of methoxy groups -OCH3 is 1. The van der Waals surface area contributed by atoms with E-state index in [0.717, 1.165) is 65.8 Å². The zero-order chi connectivity index (χ0) is 21.2. The van der Waals surface area contributed by atoms with Gasteiger partial charge < -0.3 is 14.4 Å². The first-order valence-corrected chi connectivity index (χ1v) is 11.1. The Morgan fingerprint density at radius 1 is 1.13 bits per heavy atom. The molecule has 1 unspecified atom stereocenters. The maximum Gasteiger partial charge on any atom is 0.254 e. The lowest BCUT2D eigenvalue weighted by Crippen LogP contribution is -2.37. The highest BCUT2D eigenvalue weighted by atomic mass is 16.5. The lowest BCUT2D eigenvalue weighted by atomic mass is 10.0. The van der Waals surface area contributed by atoms with E-state index in [-0.39, 0.29) is 12.0 Å². The van der Waals surface area contributed by atoms with Gasteiger partial charge >= 0.3 is 0 Å². The molecule has 2 heterocycles. The van der Waals surface area contributed by atoms with Crippen molar-refractivity contribution >= 4 is 16.8 Å². The van der Waals surface area contributed by atoms with Crippen molar-refractivity contribution in [3.63, 3.8) is 0 Å². The van der Waals surface area contributed by atoms with Gasteiger partial charge in [-0.1, -0.05) is 30.3 Å². The molecule has 2 fully saturated rings. The van der Waals surface area contributed by atoms with Crippen molar-refractivity contribution in [2.24, 2.45) is 0 Å². The molecule has 0 spiro atoms. The van der Waals surface area contributed by atoms with Crippen LogP contribution in [0.25, 0.3) is 10.9 Å². The molecule has 0 bridgehead atoms. The lowest BCUT2D eigenvalue weighted by molar-refractivity contribution is 0.0508. The Balaban J connectivity index is 1.51. The van der Waals surface area contributed by atoms with Crippen LogP contribution in [-0.4, -0.2) is 42.2 Å². The Labute approximate surface area is 183 Å². The van der Waals surface area contributed by atoms with E-state index in [4.69, 9.17) is 14.5 Å². The summed E-state index contributed by atoms with van der Waals surface area (Å²) in [4.78, 5) is 20.7. The van der Waals surface area contributed by atoms with Gasteiger partial charge in [0, 0.05) is 36.7 Å². The number of para-hydroxylation sites is 1. The van der Waals surface area contributed by atoms with E-state index in [9.17, 15) is 4.79 Å². The third-order valence-corrected chi connectivity index (χ3v) is 6.20. The summed E-state index contributed by atoms with van der Waals surface area (Å²) in [7, 11) is 1.66. The first-order chi connectivity index (χ1) is 15.2.